The molecule has 0 atom stereocenters. The maximum absolute atomic E-state index is 6.72. The summed E-state index contributed by atoms with van der Waals surface area (Å²) in [4.78, 5) is 0. The molecule has 0 spiro atoms. The number of nitrogens with two attached hydrogens (primary N) is 1. The first-order valence-electron chi connectivity index (χ1n) is 15.9. The van der Waals surface area contributed by atoms with E-state index in [1.165, 1.54) is 21.8 Å². The molecule has 0 saturated heterocycles. The maximum Gasteiger partial charge on any atom is 0.143 e. The number of hydrogen-bond acceptors (Lipinski definition) is 3. The summed E-state index contributed by atoms with van der Waals surface area (Å²) in [6.07, 6.45) is 0. The maximum atomic E-state index is 6.72. The van der Waals surface area contributed by atoms with Crippen molar-refractivity contribution in [3.05, 3.63) is 163 Å². The van der Waals surface area contributed by atoms with E-state index in [2.05, 4.69) is 131 Å². The molecule has 0 unspecified atom stereocenters. The van der Waals surface area contributed by atoms with E-state index in [-0.39, 0.29) is 0 Å². The number of aromatic nitrogens is 1. The van der Waals surface area contributed by atoms with Crippen LogP contribution in [-0.4, -0.2) is 11.6 Å². The molecule has 9 aromatic rings. The first-order valence-corrected chi connectivity index (χ1v) is 15.9. The number of rotatable bonds is 5. The zero-order valence-electron chi connectivity index (χ0n) is 25.9. The lowest BCUT2D eigenvalue weighted by atomic mass is 9.96. The van der Waals surface area contributed by atoms with E-state index in [1.807, 2.05) is 37.4 Å². The van der Waals surface area contributed by atoms with Gasteiger partial charge in [0, 0.05) is 45.4 Å². The van der Waals surface area contributed by atoms with Crippen LogP contribution in [0, 0.1) is 0 Å². The molecule has 0 amide bonds. The summed E-state index contributed by atoms with van der Waals surface area (Å²) in [5.41, 5.74) is 17.8. The Labute approximate surface area is 272 Å². The third kappa shape index (κ3) is 4.23. The van der Waals surface area contributed by atoms with Crippen LogP contribution in [0.5, 0.6) is 0 Å². The van der Waals surface area contributed by atoms with E-state index in [9.17, 15) is 0 Å². The summed E-state index contributed by atoms with van der Waals surface area (Å²) in [7, 11) is 1.92. The zero-order valence-corrected chi connectivity index (χ0v) is 25.9. The van der Waals surface area contributed by atoms with Crippen LogP contribution in [-0.2, 0) is 0 Å². The van der Waals surface area contributed by atoms with Gasteiger partial charge in [0.25, 0.3) is 0 Å². The van der Waals surface area contributed by atoms with E-state index >= 15 is 0 Å². The fraction of sp³-hybridized carbons (Fsp3) is 0.0233. The Balaban J connectivity index is 1.21. The summed E-state index contributed by atoms with van der Waals surface area (Å²) < 4.78 is 9.07. The van der Waals surface area contributed by atoms with Gasteiger partial charge in [-0.2, -0.15) is 0 Å². The molecule has 0 aliphatic heterocycles. The number of fused-ring (bicyclic) bond motifs is 8. The lowest BCUT2D eigenvalue weighted by molar-refractivity contribution is 0.670. The van der Waals surface area contributed by atoms with Crippen molar-refractivity contribution in [1.82, 2.24) is 9.88 Å². The molecule has 0 saturated carbocycles. The highest BCUT2D eigenvalue weighted by atomic mass is 16.3. The van der Waals surface area contributed by atoms with Crippen LogP contribution >= 0.6 is 0 Å². The molecule has 4 nitrogen and oxygen atoms in total. The van der Waals surface area contributed by atoms with Crippen LogP contribution in [0.15, 0.2) is 156 Å². The first kappa shape index (κ1) is 27.1. The second kappa shape index (κ2) is 10.7. The van der Waals surface area contributed by atoms with Crippen molar-refractivity contribution >= 4 is 65.9 Å². The van der Waals surface area contributed by atoms with Crippen LogP contribution in [0.2, 0.25) is 0 Å². The third-order valence-corrected chi connectivity index (χ3v) is 9.36. The molecular formula is C43H31N3O. The van der Waals surface area contributed by atoms with Gasteiger partial charge < -0.3 is 20.0 Å². The Morgan fingerprint density at radius 1 is 0.596 bits per heavy atom. The van der Waals surface area contributed by atoms with Gasteiger partial charge in [-0.3, -0.25) is 0 Å². The molecule has 224 valence electrons. The van der Waals surface area contributed by atoms with Gasteiger partial charge in [0.1, 0.15) is 11.2 Å². The smallest absolute Gasteiger partial charge is 0.143 e. The minimum Gasteiger partial charge on any atom is -0.455 e. The van der Waals surface area contributed by atoms with E-state index in [1.54, 1.807) is 0 Å². The minimum atomic E-state index is 0.724. The molecule has 9 rings (SSSR count). The molecule has 47 heavy (non-hydrogen) atoms. The predicted octanol–water partition coefficient (Wildman–Crippen LogP) is 10.5. The molecule has 0 fully saturated rings. The molecular weight excluding hydrogens is 574 g/mol. The Kier molecular flexibility index (Phi) is 6.15. The van der Waals surface area contributed by atoms with E-state index < -0.39 is 0 Å². The van der Waals surface area contributed by atoms with Crippen molar-refractivity contribution in [2.45, 2.75) is 0 Å². The quantitative estimate of drug-likeness (QED) is 0.192. The molecule has 0 radical (unpaired) electrons. The van der Waals surface area contributed by atoms with Crippen LogP contribution in [0.4, 0.5) is 0 Å². The van der Waals surface area contributed by atoms with Crippen molar-refractivity contribution in [2.24, 2.45) is 5.73 Å². The fourth-order valence-electron chi connectivity index (χ4n) is 7.20. The normalized spacial score (nSPS) is 12.4. The number of para-hydroxylation sites is 3. The molecule has 0 aliphatic carbocycles. The van der Waals surface area contributed by atoms with Crippen LogP contribution in [0.25, 0.3) is 82.7 Å². The average molecular weight is 606 g/mol. The first-order chi connectivity index (χ1) is 23.2. The van der Waals surface area contributed by atoms with Crippen LogP contribution in [0.3, 0.4) is 0 Å². The molecule has 3 N–H and O–H groups in total. The van der Waals surface area contributed by atoms with E-state index in [0.29, 0.717) is 0 Å². The SMILES string of the molecule is CN/C(=C(\N)c1ccccc1)c1ccc2cc(-c3cccc4c3oc3ccc5c(c6ccccc6n5-c5ccccc5)c34)ccc2c1. The third-order valence-electron chi connectivity index (χ3n) is 9.36. The van der Waals surface area contributed by atoms with Crippen molar-refractivity contribution in [1.29, 1.82) is 0 Å². The van der Waals surface area contributed by atoms with Gasteiger partial charge in [-0.05, 0) is 64.4 Å². The van der Waals surface area contributed by atoms with Gasteiger partial charge >= 0.3 is 0 Å². The largest absolute Gasteiger partial charge is 0.455 e. The monoisotopic (exact) mass is 605 g/mol. The average Bonchev–Trinajstić information content (AvgIpc) is 3.68. The van der Waals surface area contributed by atoms with Crippen molar-refractivity contribution in [3.63, 3.8) is 0 Å². The molecule has 4 heteroatoms. The Morgan fingerprint density at radius 2 is 1.32 bits per heavy atom. The van der Waals surface area contributed by atoms with Crippen molar-refractivity contribution in [2.75, 3.05) is 7.05 Å². The summed E-state index contributed by atoms with van der Waals surface area (Å²) >= 11 is 0. The number of furan rings is 1. The molecule has 2 heterocycles. The van der Waals surface area contributed by atoms with Crippen molar-refractivity contribution < 1.29 is 4.42 Å². The van der Waals surface area contributed by atoms with Gasteiger partial charge in [-0.1, -0.05) is 109 Å². The van der Waals surface area contributed by atoms with Gasteiger partial charge in [-0.25, -0.2) is 0 Å². The Morgan fingerprint density at radius 3 is 2.15 bits per heavy atom. The molecule has 0 aliphatic rings. The summed E-state index contributed by atoms with van der Waals surface area (Å²) in [5, 5.41) is 10.3. The number of nitrogens with one attached hydrogen (secondary N) is 1. The van der Waals surface area contributed by atoms with Crippen LogP contribution in [0.1, 0.15) is 11.1 Å². The second-order valence-electron chi connectivity index (χ2n) is 12.0. The summed E-state index contributed by atoms with van der Waals surface area (Å²) in [5.74, 6) is 0. The Hall–Kier alpha value is -6.26. The topological polar surface area (TPSA) is 56.1 Å². The summed E-state index contributed by atoms with van der Waals surface area (Å²) in [6, 6.07) is 53.2. The Bertz CT molecular complexity index is 2660. The summed E-state index contributed by atoms with van der Waals surface area (Å²) in [6.45, 7) is 0. The lowest BCUT2D eigenvalue weighted by Gasteiger charge is -2.14. The molecule has 0 bridgehead atoms. The van der Waals surface area contributed by atoms with Crippen LogP contribution < -0.4 is 11.1 Å². The van der Waals surface area contributed by atoms with Crippen molar-refractivity contribution in [3.8, 4) is 16.8 Å². The number of hydrogen-bond donors (Lipinski definition) is 2. The number of nitrogens with zero attached hydrogens (tertiary/aromatic N) is 1. The lowest BCUT2D eigenvalue weighted by Crippen LogP contribution is -2.12. The molecule has 7 aromatic carbocycles. The van der Waals surface area contributed by atoms with Gasteiger partial charge in [0.2, 0.25) is 0 Å². The fourth-order valence-corrected chi connectivity index (χ4v) is 7.20. The second-order valence-corrected chi connectivity index (χ2v) is 12.0. The van der Waals surface area contributed by atoms with Gasteiger partial charge in [0.15, 0.2) is 0 Å². The zero-order chi connectivity index (χ0) is 31.5. The van der Waals surface area contributed by atoms with E-state index in [0.717, 1.165) is 72.0 Å². The number of benzene rings is 7. The highest BCUT2D eigenvalue weighted by molar-refractivity contribution is 6.28. The highest BCUT2D eigenvalue weighted by Crippen LogP contribution is 2.43. The standard InChI is InChI=1S/C43H31N3O/c1-45-42(41(44)27-11-4-2-5-12-27)31-22-20-28-25-30(21-19-29(28)26-31)33-16-10-17-35-40-38(47-43(33)35)24-23-37-39(40)34-15-8-9-18-36(34)46(37)32-13-6-3-7-14-32/h2-26,45H,44H2,1H3/b42-41-. The minimum absolute atomic E-state index is 0.724. The van der Waals surface area contributed by atoms with Gasteiger partial charge in [-0.15, -0.1) is 0 Å². The van der Waals surface area contributed by atoms with E-state index in [4.69, 9.17) is 10.2 Å². The van der Waals surface area contributed by atoms with Gasteiger partial charge in [0.05, 0.1) is 22.4 Å². The highest BCUT2D eigenvalue weighted by Gasteiger charge is 2.20. The molecule has 2 aromatic heterocycles. The predicted molar refractivity (Wildman–Crippen MR) is 198 cm³/mol.